The molecule has 0 radical (unpaired) electrons. The van der Waals surface area contributed by atoms with Gasteiger partial charge in [0, 0.05) is 6.61 Å². The van der Waals surface area contributed by atoms with Gasteiger partial charge >= 0.3 is 0 Å². The monoisotopic (exact) mass is 300 g/mol. The average molecular weight is 301 g/mol. The lowest BCUT2D eigenvalue weighted by Crippen LogP contribution is -2.50. The molecule has 1 atom stereocenters. The molecule has 1 saturated heterocycles. The Balaban J connectivity index is 2.39. The smallest absolute Gasteiger partial charge is 0.145 e. The van der Waals surface area contributed by atoms with E-state index in [2.05, 4.69) is 13.8 Å². The minimum absolute atomic E-state index is 0.670. The Kier molecular flexibility index (Phi) is 9.83. The van der Waals surface area contributed by atoms with E-state index in [0.717, 1.165) is 25.9 Å². The van der Waals surface area contributed by atoms with Crippen molar-refractivity contribution in [1.82, 2.24) is 0 Å². The molecule has 1 N–H and O–H groups in total. The topological polar surface area (TPSA) is 29.5 Å². The highest BCUT2D eigenvalue weighted by atomic mass is 28.3. The third kappa shape index (κ3) is 6.73. The summed E-state index contributed by atoms with van der Waals surface area (Å²) in [4.78, 5) is 0. The van der Waals surface area contributed by atoms with Gasteiger partial charge in [0.1, 0.15) is 14.2 Å². The fourth-order valence-electron chi connectivity index (χ4n) is 3.35. The first-order chi connectivity index (χ1) is 9.73. The van der Waals surface area contributed by atoms with Gasteiger partial charge in [-0.2, -0.15) is 0 Å². The Hall–Kier alpha value is 0.137. The van der Waals surface area contributed by atoms with Gasteiger partial charge in [0.15, 0.2) is 0 Å². The van der Waals surface area contributed by atoms with Crippen LogP contribution < -0.4 is 0 Å². The summed E-state index contributed by atoms with van der Waals surface area (Å²) >= 11 is 0. The molecule has 20 heavy (non-hydrogen) atoms. The number of rotatable bonds is 11. The van der Waals surface area contributed by atoms with Crippen molar-refractivity contribution in [2.75, 3.05) is 6.61 Å². The summed E-state index contributed by atoms with van der Waals surface area (Å²) in [6, 6.07) is 2.56. The lowest BCUT2D eigenvalue weighted by Gasteiger charge is -2.38. The second-order valence-corrected chi connectivity index (χ2v) is 10.00. The maximum Gasteiger partial charge on any atom is 0.145 e. The summed E-state index contributed by atoms with van der Waals surface area (Å²) in [5.41, 5.74) is -0.670. The van der Waals surface area contributed by atoms with Crippen LogP contribution in [0.1, 0.15) is 84.5 Å². The molecule has 0 aromatic carbocycles. The molecule has 1 rings (SSSR count). The summed E-state index contributed by atoms with van der Waals surface area (Å²) in [7, 11) is -1.18. The van der Waals surface area contributed by atoms with Gasteiger partial charge in [-0.05, 0) is 19.3 Å². The molecule has 1 unspecified atom stereocenters. The fraction of sp³-hybridized carbons (Fsp3) is 1.00. The van der Waals surface area contributed by atoms with E-state index in [4.69, 9.17) is 4.74 Å². The highest BCUT2D eigenvalue weighted by Gasteiger charge is 2.39. The Morgan fingerprint density at radius 3 is 1.95 bits per heavy atom. The number of unbranched alkanes of at least 4 members (excludes halogenated alkanes) is 6. The zero-order valence-corrected chi connectivity index (χ0v) is 15.0. The average Bonchev–Trinajstić information content (AvgIpc) is 2.46. The van der Waals surface area contributed by atoms with Gasteiger partial charge in [0.2, 0.25) is 0 Å². The maximum absolute atomic E-state index is 10.9. The molecule has 0 saturated carbocycles. The number of hydrogen-bond donors (Lipinski definition) is 1. The van der Waals surface area contributed by atoms with Crippen LogP contribution in [0.25, 0.3) is 0 Å². The highest BCUT2D eigenvalue weighted by molar-refractivity contribution is 6.61. The lowest BCUT2D eigenvalue weighted by atomic mass is 10.2. The second-order valence-electron chi connectivity index (χ2n) is 6.55. The van der Waals surface area contributed by atoms with Gasteiger partial charge < -0.3 is 9.84 Å². The molecule has 0 aliphatic carbocycles. The maximum atomic E-state index is 10.9. The predicted molar refractivity (Wildman–Crippen MR) is 89.8 cm³/mol. The summed E-state index contributed by atoms with van der Waals surface area (Å²) in [6.07, 6.45) is 13.8. The van der Waals surface area contributed by atoms with Crippen LogP contribution in [0, 0.1) is 0 Å². The van der Waals surface area contributed by atoms with E-state index in [1.165, 1.54) is 63.5 Å². The Morgan fingerprint density at radius 1 is 0.900 bits per heavy atom. The van der Waals surface area contributed by atoms with Crippen molar-refractivity contribution < 1.29 is 9.84 Å². The first kappa shape index (κ1) is 18.2. The van der Waals surface area contributed by atoms with Crippen molar-refractivity contribution in [2.24, 2.45) is 0 Å². The number of hydrogen-bond acceptors (Lipinski definition) is 2. The third-order valence-electron chi connectivity index (χ3n) is 4.73. The quantitative estimate of drug-likeness (QED) is 0.438. The van der Waals surface area contributed by atoms with Crippen LogP contribution in [0.5, 0.6) is 0 Å². The first-order valence-electron chi connectivity index (χ1n) is 9.09. The molecule has 1 aliphatic rings. The van der Waals surface area contributed by atoms with Gasteiger partial charge in [0.25, 0.3) is 0 Å². The molecule has 0 aromatic heterocycles. The van der Waals surface area contributed by atoms with Gasteiger partial charge in [-0.3, -0.25) is 0 Å². The molecule has 1 fully saturated rings. The molecule has 0 amide bonds. The zero-order valence-electron chi connectivity index (χ0n) is 13.8. The molecular formula is C17H36O2Si. The molecule has 1 aliphatic heterocycles. The number of aliphatic hydroxyl groups is 1. The summed E-state index contributed by atoms with van der Waals surface area (Å²) in [5, 5.41) is 10.9. The Morgan fingerprint density at radius 2 is 1.50 bits per heavy atom. The van der Waals surface area contributed by atoms with Crippen LogP contribution in [0.15, 0.2) is 0 Å². The van der Waals surface area contributed by atoms with Crippen molar-refractivity contribution in [1.29, 1.82) is 0 Å². The molecule has 1 heterocycles. The zero-order chi connectivity index (χ0) is 14.7. The van der Waals surface area contributed by atoms with Gasteiger partial charge in [0.05, 0.1) is 0 Å². The van der Waals surface area contributed by atoms with Crippen molar-refractivity contribution in [2.45, 2.75) is 102 Å². The van der Waals surface area contributed by atoms with E-state index in [0.29, 0.717) is 0 Å². The summed E-state index contributed by atoms with van der Waals surface area (Å²) < 4.78 is 5.86. The molecule has 0 aromatic rings. The molecular weight excluding hydrogens is 264 g/mol. The summed E-state index contributed by atoms with van der Waals surface area (Å²) in [5.74, 6) is 0. The SMILES string of the molecule is CCCCCC[SiH](CCCCCC)C1(O)CCCCO1. The Labute approximate surface area is 127 Å². The molecule has 0 bridgehead atoms. The van der Waals surface area contributed by atoms with Crippen LogP contribution in [0.4, 0.5) is 0 Å². The van der Waals surface area contributed by atoms with Gasteiger partial charge in [-0.15, -0.1) is 0 Å². The van der Waals surface area contributed by atoms with E-state index >= 15 is 0 Å². The third-order valence-corrected chi connectivity index (χ3v) is 8.67. The first-order valence-corrected chi connectivity index (χ1v) is 11.3. The van der Waals surface area contributed by atoms with Crippen molar-refractivity contribution in [3.63, 3.8) is 0 Å². The molecule has 120 valence electrons. The molecule has 3 heteroatoms. The van der Waals surface area contributed by atoms with Crippen LogP contribution in [-0.4, -0.2) is 25.9 Å². The summed E-state index contributed by atoms with van der Waals surface area (Å²) in [6.45, 7) is 5.30. The fourth-order valence-corrected chi connectivity index (χ4v) is 7.07. The predicted octanol–water partition coefficient (Wildman–Crippen LogP) is 4.80. The standard InChI is InChI=1S/C17H36O2Si/c1-3-5-7-11-15-20(16-12-8-6-4-2)17(18)13-9-10-14-19-17/h18,20H,3-16H2,1-2H3. The minimum atomic E-state index is -1.18. The molecule has 0 spiro atoms. The van der Waals surface area contributed by atoms with E-state index in [-0.39, 0.29) is 0 Å². The lowest BCUT2D eigenvalue weighted by molar-refractivity contribution is -0.168. The van der Waals surface area contributed by atoms with Crippen molar-refractivity contribution >= 4 is 8.80 Å². The highest BCUT2D eigenvalue weighted by Crippen LogP contribution is 2.31. The van der Waals surface area contributed by atoms with E-state index in [9.17, 15) is 5.11 Å². The largest absolute Gasteiger partial charge is 0.369 e. The molecule has 2 nitrogen and oxygen atoms in total. The van der Waals surface area contributed by atoms with Crippen LogP contribution in [0.3, 0.4) is 0 Å². The second kappa shape index (κ2) is 10.8. The Bertz CT molecular complexity index is 215. The van der Waals surface area contributed by atoms with Crippen molar-refractivity contribution in [3.8, 4) is 0 Å². The van der Waals surface area contributed by atoms with E-state index in [1.54, 1.807) is 0 Å². The van der Waals surface area contributed by atoms with Crippen LogP contribution in [-0.2, 0) is 4.74 Å². The van der Waals surface area contributed by atoms with Crippen molar-refractivity contribution in [3.05, 3.63) is 0 Å². The normalized spacial score (nSPS) is 23.4. The van der Waals surface area contributed by atoms with Crippen LogP contribution in [0.2, 0.25) is 12.1 Å². The van der Waals surface area contributed by atoms with E-state index < -0.39 is 14.2 Å². The van der Waals surface area contributed by atoms with Gasteiger partial charge in [-0.1, -0.05) is 77.3 Å². The minimum Gasteiger partial charge on any atom is -0.369 e. The van der Waals surface area contributed by atoms with Crippen LogP contribution >= 0.6 is 0 Å². The van der Waals surface area contributed by atoms with E-state index in [1.807, 2.05) is 0 Å². The van der Waals surface area contributed by atoms with Gasteiger partial charge in [-0.25, -0.2) is 0 Å². The number of ether oxygens (including phenoxy) is 1.